The van der Waals surface area contributed by atoms with Crippen molar-refractivity contribution in [2.45, 2.75) is 18.2 Å². The molecule has 1 heterocycles. The molecule has 0 radical (unpaired) electrons. The van der Waals surface area contributed by atoms with E-state index in [4.69, 9.17) is 11.6 Å². The molecule has 0 N–H and O–H groups in total. The summed E-state index contributed by atoms with van der Waals surface area (Å²) in [5.74, 6) is 0. The number of rotatable bonds is 3. The maximum Gasteiger partial charge on any atom is 0.0887 e. The fourth-order valence-electron chi connectivity index (χ4n) is 1.74. The molecule has 1 unspecified atom stereocenters. The number of halogens is 3. The molecule has 4 heteroatoms. The zero-order valence-corrected chi connectivity index (χ0v) is 14.0. The van der Waals surface area contributed by atoms with Gasteiger partial charge >= 0.3 is 0 Å². The summed E-state index contributed by atoms with van der Waals surface area (Å²) in [4.78, 5) is 1.44. The molecule has 0 bridgehead atoms. The summed E-state index contributed by atoms with van der Waals surface area (Å²) in [6.45, 7) is 2.18. The normalized spacial score (nSPS) is 12.7. The Morgan fingerprint density at radius 3 is 2.65 bits per heavy atom. The first-order valence-corrected chi connectivity index (χ1v) is 8.20. The zero-order chi connectivity index (χ0) is 12.4. The Balaban J connectivity index is 2.39. The molecule has 0 spiro atoms. The van der Waals surface area contributed by atoms with Gasteiger partial charge in [-0.1, -0.05) is 58.7 Å². The highest BCUT2D eigenvalue weighted by molar-refractivity contribution is 9.11. The second-order valence-corrected chi connectivity index (χ2v) is 7.41. The summed E-state index contributed by atoms with van der Waals surface area (Å²) in [5.41, 5.74) is 2.69. The predicted molar refractivity (Wildman–Crippen MR) is 83.6 cm³/mol. The second kappa shape index (κ2) is 5.87. The van der Waals surface area contributed by atoms with Crippen LogP contribution in [0.5, 0.6) is 0 Å². The first-order valence-electron chi connectivity index (χ1n) is 5.30. The van der Waals surface area contributed by atoms with E-state index >= 15 is 0 Å². The summed E-state index contributed by atoms with van der Waals surface area (Å²) in [7, 11) is 0. The third-order valence-electron chi connectivity index (χ3n) is 2.62. The van der Waals surface area contributed by atoms with Crippen LogP contribution >= 0.6 is 54.8 Å². The van der Waals surface area contributed by atoms with Gasteiger partial charge in [-0.3, -0.25) is 0 Å². The topological polar surface area (TPSA) is 0 Å². The third kappa shape index (κ3) is 2.95. The molecule has 90 valence electrons. The smallest absolute Gasteiger partial charge is 0.0887 e. The molecule has 1 aromatic heterocycles. The third-order valence-corrected chi connectivity index (χ3v) is 6.45. The molecule has 0 amide bonds. The number of thiophene rings is 1. The Labute approximate surface area is 127 Å². The second-order valence-electron chi connectivity index (χ2n) is 3.69. The summed E-state index contributed by atoms with van der Waals surface area (Å²) >= 11 is 15.0. The van der Waals surface area contributed by atoms with E-state index in [2.05, 4.69) is 63.0 Å². The largest absolute Gasteiger partial charge is 0.130 e. The van der Waals surface area contributed by atoms with Crippen LogP contribution in [0.3, 0.4) is 0 Å². The minimum Gasteiger partial charge on any atom is -0.130 e. The van der Waals surface area contributed by atoms with Crippen LogP contribution in [0.2, 0.25) is 5.02 Å². The average molecular weight is 395 g/mol. The van der Waals surface area contributed by atoms with Crippen molar-refractivity contribution in [3.63, 3.8) is 0 Å². The highest BCUT2D eigenvalue weighted by Crippen LogP contribution is 2.42. The van der Waals surface area contributed by atoms with Crippen molar-refractivity contribution in [2.75, 3.05) is 0 Å². The molecular weight excluding hydrogens is 383 g/mol. The molecule has 1 atom stereocenters. The molecule has 2 rings (SSSR count). The van der Waals surface area contributed by atoms with Gasteiger partial charge in [-0.2, -0.15) is 0 Å². The van der Waals surface area contributed by atoms with E-state index < -0.39 is 0 Å². The van der Waals surface area contributed by atoms with Crippen LogP contribution in [0, 0.1) is 0 Å². The van der Waals surface area contributed by atoms with Crippen LogP contribution in [0.15, 0.2) is 34.1 Å². The standard InChI is InChI=1S/C13H11Br2ClS/c1-2-8-5-3-4-6-9(8)12(14)11-7-10(16)13(15)17-11/h3-7,12H,2H2,1H3. The van der Waals surface area contributed by atoms with Crippen LogP contribution in [0.25, 0.3) is 0 Å². The summed E-state index contributed by atoms with van der Waals surface area (Å²) in [5, 5.41) is 0.781. The molecule has 17 heavy (non-hydrogen) atoms. The van der Waals surface area contributed by atoms with Crippen molar-refractivity contribution >= 4 is 54.8 Å². The fraction of sp³-hybridized carbons (Fsp3) is 0.231. The Bertz CT molecular complexity index is 502. The van der Waals surface area contributed by atoms with Crippen molar-refractivity contribution in [1.29, 1.82) is 0 Å². The lowest BCUT2D eigenvalue weighted by Gasteiger charge is -2.12. The monoisotopic (exact) mass is 392 g/mol. The van der Waals surface area contributed by atoms with Crippen molar-refractivity contribution in [2.24, 2.45) is 0 Å². The van der Waals surface area contributed by atoms with Gasteiger partial charge in [-0.25, -0.2) is 0 Å². The summed E-state index contributed by atoms with van der Waals surface area (Å²) in [6.07, 6.45) is 1.04. The SMILES string of the molecule is CCc1ccccc1C(Br)c1cc(Cl)c(Br)s1. The average Bonchev–Trinajstić information content (AvgIpc) is 2.68. The maximum absolute atomic E-state index is 6.08. The number of alkyl halides is 1. The molecule has 0 fully saturated rings. The molecule has 2 aromatic rings. The van der Waals surface area contributed by atoms with Gasteiger partial charge in [0, 0.05) is 4.88 Å². The lowest BCUT2D eigenvalue weighted by atomic mass is 10.0. The van der Waals surface area contributed by atoms with Crippen molar-refractivity contribution < 1.29 is 0 Å². The first-order chi connectivity index (χ1) is 8.13. The van der Waals surface area contributed by atoms with Crippen LogP contribution in [0.4, 0.5) is 0 Å². The first kappa shape index (κ1) is 13.6. The van der Waals surface area contributed by atoms with Gasteiger partial charge in [0.05, 0.1) is 13.6 Å². The fourth-order valence-corrected chi connectivity index (χ4v) is 4.35. The molecule has 0 saturated heterocycles. The summed E-state index contributed by atoms with van der Waals surface area (Å²) in [6, 6.07) is 10.5. The Morgan fingerprint density at radius 2 is 2.06 bits per heavy atom. The van der Waals surface area contributed by atoms with E-state index in [1.165, 1.54) is 16.0 Å². The van der Waals surface area contributed by atoms with Gasteiger partial charge in [0.15, 0.2) is 0 Å². The minimum atomic E-state index is 0.215. The highest BCUT2D eigenvalue weighted by Gasteiger charge is 2.17. The van der Waals surface area contributed by atoms with Crippen molar-refractivity contribution in [3.05, 3.63) is 55.1 Å². The van der Waals surface area contributed by atoms with Gasteiger partial charge in [-0.15, -0.1) is 11.3 Å². The van der Waals surface area contributed by atoms with Gasteiger partial charge in [-0.05, 0) is 39.5 Å². The maximum atomic E-state index is 6.08. The van der Waals surface area contributed by atoms with E-state index in [9.17, 15) is 0 Å². The molecule has 0 aliphatic rings. The zero-order valence-electron chi connectivity index (χ0n) is 9.21. The molecular formula is C13H11Br2ClS. The van der Waals surface area contributed by atoms with Gasteiger partial charge in [0.1, 0.15) is 0 Å². The molecule has 0 aliphatic carbocycles. The Morgan fingerprint density at radius 1 is 1.35 bits per heavy atom. The van der Waals surface area contributed by atoms with E-state index in [1.54, 1.807) is 11.3 Å². The lowest BCUT2D eigenvalue weighted by Crippen LogP contribution is -1.95. The molecule has 0 nitrogen and oxygen atoms in total. The molecule has 0 saturated carbocycles. The van der Waals surface area contributed by atoms with Crippen molar-refractivity contribution in [3.8, 4) is 0 Å². The highest BCUT2D eigenvalue weighted by atomic mass is 79.9. The van der Waals surface area contributed by atoms with Crippen LogP contribution < -0.4 is 0 Å². The summed E-state index contributed by atoms with van der Waals surface area (Å²) < 4.78 is 0.993. The molecule has 1 aromatic carbocycles. The van der Waals surface area contributed by atoms with Crippen molar-refractivity contribution in [1.82, 2.24) is 0 Å². The van der Waals surface area contributed by atoms with E-state index in [-0.39, 0.29) is 4.83 Å². The van der Waals surface area contributed by atoms with Gasteiger partial charge in [0.25, 0.3) is 0 Å². The lowest BCUT2D eigenvalue weighted by molar-refractivity contribution is 1.07. The van der Waals surface area contributed by atoms with E-state index in [0.29, 0.717) is 0 Å². The number of hydrogen-bond donors (Lipinski definition) is 0. The Kier molecular flexibility index (Phi) is 4.70. The predicted octanol–water partition coefficient (Wildman–Crippen LogP) is 6.21. The number of aryl methyl sites for hydroxylation is 1. The molecule has 0 aliphatic heterocycles. The van der Waals surface area contributed by atoms with E-state index in [1.807, 2.05) is 6.07 Å². The Hall–Kier alpha value is 0.170. The number of hydrogen-bond acceptors (Lipinski definition) is 1. The quantitative estimate of drug-likeness (QED) is 0.543. The van der Waals surface area contributed by atoms with Crippen LogP contribution in [-0.2, 0) is 6.42 Å². The van der Waals surface area contributed by atoms with Crippen LogP contribution in [-0.4, -0.2) is 0 Å². The van der Waals surface area contributed by atoms with Gasteiger partial charge in [0.2, 0.25) is 0 Å². The van der Waals surface area contributed by atoms with E-state index in [0.717, 1.165) is 15.2 Å². The number of benzene rings is 1. The minimum absolute atomic E-state index is 0.215. The van der Waals surface area contributed by atoms with Gasteiger partial charge < -0.3 is 0 Å². The van der Waals surface area contributed by atoms with Crippen LogP contribution in [0.1, 0.15) is 27.8 Å².